The summed E-state index contributed by atoms with van der Waals surface area (Å²) in [6, 6.07) is 10.0. The largest absolute Gasteiger partial charge is 0.506 e. The normalized spacial score (nSPS) is 15.3. The van der Waals surface area contributed by atoms with Crippen LogP contribution in [-0.4, -0.2) is 24.2 Å². The van der Waals surface area contributed by atoms with Crippen LogP contribution in [0.1, 0.15) is 28.6 Å². The maximum atomic E-state index is 13.2. The monoisotopic (exact) mass is 317 g/mol. The maximum Gasteiger partial charge on any atom is 0.255 e. The number of anilines is 1. The number of amides is 1. The van der Waals surface area contributed by atoms with E-state index in [1.165, 1.54) is 24.3 Å². The molecule has 0 unspecified atom stereocenters. The van der Waals surface area contributed by atoms with Gasteiger partial charge in [0, 0.05) is 11.1 Å². The SMILES string of the molecule is O=C(Nc1cc(C2OCCCO2)ccc1O)c1cccc(F)c1. The summed E-state index contributed by atoms with van der Waals surface area (Å²) >= 11 is 0. The Morgan fingerprint density at radius 3 is 2.70 bits per heavy atom. The van der Waals surface area contributed by atoms with E-state index in [0.717, 1.165) is 12.5 Å². The molecule has 1 aliphatic heterocycles. The molecule has 23 heavy (non-hydrogen) atoms. The molecule has 2 aromatic carbocycles. The van der Waals surface area contributed by atoms with Crippen LogP contribution in [0.4, 0.5) is 10.1 Å². The van der Waals surface area contributed by atoms with Crippen molar-refractivity contribution < 1.29 is 23.8 Å². The summed E-state index contributed by atoms with van der Waals surface area (Å²) in [7, 11) is 0. The van der Waals surface area contributed by atoms with Gasteiger partial charge in [0.2, 0.25) is 0 Å². The van der Waals surface area contributed by atoms with Gasteiger partial charge >= 0.3 is 0 Å². The summed E-state index contributed by atoms with van der Waals surface area (Å²) in [5.41, 5.74) is 1.08. The minimum atomic E-state index is -0.519. The van der Waals surface area contributed by atoms with Crippen LogP contribution < -0.4 is 5.32 Å². The summed E-state index contributed by atoms with van der Waals surface area (Å²) in [6.45, 7) is 1.19. The highest BCUT2D eigenvalue weighted by atomic mass is 19.1. The van der Waals surface area contributed by atoms with Crippen molar-refractivity contribution in [3.63, 3.8) is 0 Å². The van der Waals surface area contributed by atoms with Gasteiger partial charge < -0.3 is 19.9 Å². The first-order chi connectivity index (χ1) is 11.1. The third-order valence-corrected chi connectivity index (χ3v) is 3.45. The molecule has 0 radical (unpaired) electrons. The number of hydrogen-bond acceptors (Lipinski definition) is 4. The first kappa shape index (κ1) is 15.5. The molecule has 1 aliphatic rings. The molecule has 3 rings (SSSR count). The van der Waals surface area contributed by atoms with E-state index < -0.39 is 18.0 Å². The molecule has 0 aliphatic carbocycles. The number of carbonyl (C=O) groups is 1. The summed E-state index contributed by atoms with van der Waals surface area (Å²) in [5, 5.41) is 12.5. The van der Waals surface area contributed by atoms with Crippen LogP contribution in [-0.2, 0) is 9.47 Å². The Bertz CT molecular complexity index is 713. The molecule has 0 atom stereocenters. The number of benzene rings is 2. The molecular weight excluding hydrogens is 301 g/mol. The molecule has 1 heterocycles. The second-order valence-corrected chi connectivity index (χ2v) is 5.17. The Hall–Kier alpha value is -2.44. The quantitative estimate of drug-likeness (QED) is 0.853. The number of aromatic hydroxyl groups is 1. The first-order valence-corrected chi connectivity index (χ1v) is 7.26. The van der Waals surface area contributed by atoms with E-state index in [2.05, 4.69) is 5.32 Å². The average Bonchev–Trinajstić information content (AvgIpc) is 2.57. The van der Waals surface area contributed by atoms with E-state index in [4.69, 9.17) is 9.47 Å². The third kappa shape index (κ3) is 3.67. The van der Waals surface area contributed by atoms with Crippen molar-refractivity contribution in [2.75, 3.05) is 18.5 Å². The molecule has 120 valence electrons. The molecule has 1 amide bonds. The minimum absolute atomic E-state index is 0.0886. The molecular formula is C17H16FNO4. The van der Waals surface area contributed by atoms with Crippen molar-refractivity contribution in [1.82, 2.24) is 0 Å². The minimum Gasteiger partial charge on any atom is -0.506 e. The standard InChI is InChI=1S/C17H16FNO4/c18-13-4-1-3-11(9-13)16(21)19-14-10-12(5-6-15(14)20)17-22-7-2-8-23-17/h1,3-6,9-10,17,20H,2,7-8H2,(H,19,21). The molecule has 5 nitrogen and oxygen atoms in total. The first-order valence-electron chi connectivity index (χ1n) is 7.26. The van der Waals surface area contributed by atoms with Crippen LogP contribution >= 0.6 is 0 Å². The second-order valence-electron chi connectivity index (χ2n) is 5.17. The number of halogens is 1. The van der Waals surface area contributed by atoms with Crippen LogP contribution in [0, 0.1) is 5.82 Å². The van der Waals surface area contributed by atoms with Gasteiger partial charge in [-0.2, -0.15) is 0 Å². The van der Waals surface area contributed by atoms with Crippen molar-refractivity contribution >= 4 is 11.6 Å². The van der Waals surface area contributed by atoms with E-state index in [9.17, 15) is 14.3 Å². The number of hydrogen-bond donors (Lipinski definition) is 2. The van der Waals surface area contributed by atoms with Gasteiger partial charge in [-0.15, -0.1) is 0 Å². The van der Waals surface area contributed by atoms with Gasteiger partial charge in [0.25, 0.3) is 5.91 Å². The molecule has 2 aromatic rings. The van der Waals surface area contributed by atoms with Gasteiger partial charge in [-0.1, -0.05) is 12.1 Å². The fraction of sp³-hybridized carbons (Fsp3) is 0.235. The Morgan fingerprint density at radius 1 is 1.17 bits per heavy atom. The lowest BCUT2D eigenvalue weighted by Gasteiger charge is -2.24. The van der Waals surface area contributed by atoms with E-state index >= 15 is 0 Å². The molecule has 0 spiro atoms. The predicted octanol–water partition coefficient (Wildman–Crippen LogP) is 3.22. The van der Waals surface area contributed by atoms with E-state index in [1.807, 2.05) is 0 Å². The number of phenolic OH excluding ortho intramolecular Hbond substituents is 1. The smallest absolute Gasteiger partial charge is 0.255 e. The summed E-state index contributed by atoms with van der Waals surface area (Å²) in [4.78, 5) is 12.2. The van der Waals surface area contributed by atoms with Gasteiger partial charge in [-0.3, -0.25) is 4.79 Å². The van der Waals surface area contributed by atoms with Gasteiger partial charge in [0.15, 0.2) is 6.29 Å². The average molecular weight is 317 g/mol. The number of phenols is 1. The van der Waals surface area contributed by atoms with Crippen molar-refractivity contribution in [2.24, 2.45) is 0 Å². The molecule has 0 saturated carbocycles. The molecule has 0 bridgehead atoms. The molecule has 6 heteroatoms. The highest BCUT2D eigenvalue weighted by molar-refractivity contribution is 6.05. The van der Waals surface area contributed by atoms with Crippen molar-refractivity contribution in [1.29, 1.82) is 0 Å². The number of rotatable bonds is 3. The second kappa shape index (κ2) is 6.76. The van der Waals surface area contributed by atoms with Gasteiger partial charge in [-0.05, 0) is 36.8 Å². The van der Waals surface area contributed by atoms with E-state index in [0.29, 0.717) is 18.8 Å². The highest BCUT2D eigenvalue weighted by Gasteiger charge is 2.18. The van der Waals surface area contributed by atoms with Crippen LogP contribution in [0.15, 0.2) is 42.5 Å². The van der Waals surface area contributed by atoms with Crippen LogP contribution in [0.3, 0.4) is 0 Å². The highest BCUT2D eigenvalue weighted by Crippen LogP contribution is 2.30. The maximum absolute atomic E-state index is 13.2. The fourth-order valence-electron chi connectivity index (χ4n) is 2.30. The summed E-state index contributed by atoms with van der Waals surface area (Å²) in [5.74, 6) is -1.10. The van der Waals surface area contributed by atoms with Crippen molar-refractivity contribution in [3.05, 3.63) is 59.4 Å². The Labute approximate surface area is 132 Å². The Balaban J connectivity index is 1.80. The number of nitrogens with one attached hydrogen (secondary N) is 1. The predicted molar refractivity (Wildman–Crippen MR) is 81.7 cm³/mol. The summed E-state index contributed by atoms with van der Waals surface area (Å²) < 4.78 is 24.2. The van der Waals surface area contributed by atoms with Gasteiger partial charge in [0.1, 0.15) is 11.6 Å². The summed E-state index contributed by atoms with van der Waals surface area (Å²) in [6.07, 6.45) is 0.312. The van der Waals surface area contributed by atoms with Gasteiger partial charge in [-0.25, -0.2) is 4.39 Å². The Morgan fingerprint density at radius 2 is 1.96 bits per heavy atom. The third-order valence-electron chi connectivity index (χ3n) is 3.45. The Kier molecular flexibility index (Phi) is 4.55. The van der Waals surface area contributed by atoms with Crippen LogP contribution in [0.25, 0.3) is 0 Å². The molecule has 2 N–H and O–H groups in total. The topological polar surface area (TPSA) is 67.8 Å². The van der Waals surface area contributed by atoms with Crippen molar-refractivity contribution in [2.45, 2.75) is 12.7 Å². The number of carbonyl (C=O) groups excluding carboxylic acids is 1. The van der Waals surface area contributed by atoms with Crippen LogP contribution in [0.5, 0.6) is 5.75 Å². The zero-order valence-electron chi connectivity index (χ0n) is 12.3. The molecule has 0 aromatic heterocycles. The van der Waals surface area contributed by atoms with E-state index in [-0.39, 0.29) is 17.0 Å². The fourth-order valence-corrected chi connectivity index (χ4v) is 2.30. The zero-order chi connectivity index (χ0) is 16.2. The lowest BCUT2D eigenvalue weighted by molar-refractivity contribution is -0.183. The molecule has 1 saturated heterocycles. The zero-order valence-corrected chi connectivity index (χ0v) is 12.3. The number of ether oxygens (including phenoxy) is 2. The lowest BCUT2D eigenvalue weighted by atomic mass is 10.1. The molecule has 1 fully saturated rings. The van der Waals surface area contributed by atoms with Crippen LogP contribution in [0.2, 0.25) is 0 Å². The lowest BCUT2D eigenvalue weighted by Crippen LogP contribution is -2.18. The van der Waals surface area contributed by atoms with Crippen molar-refractivity contribution in [3.8, 4) is 5.75 Å². The van der Waals surface area contributed by atoms with Gasteiger partial charge in [0.05, 0.1) is 18.9 Å². The van der Waals surface area contributed by atoms with E-state index in [1.54, 1.807) is 12.1 Å².